The third kappa shape index (κ3) is 2.10. The Labute approximate surface area is 96.2 Å². The van der Waals surface area contributed by atoms with Crippen LogP contribution in [0.3, 0.4) is 0 Å². The van der Waals surface area contributed by atoms with Crippen molar-refractivity contribution in [2.45, 2.75) is 0 Å². The van der Waals surface area contributed by atoms with Gasteiger partial charge in [-0.25, -0.2) is 0 Å². The maximum atomic E-state index is 10.8. The van der Waals surface area contributed by atoms with E-state index in [-0.39, 0.29) is 22.9 Å². The molecule has 1 aromatic rings. The number of hydrogen-bond donors (Lipinski definition) is 0. The smallest absolute Gasteiger partial charge is 0.317 e. The number of nitrogens with zero attached hydrogens (tertiary/aromatic N) is 2. The minimum absolute atomic E-state index is 0.00931. The third-order valence-electron chi connectivity index (χ3n) is 2.07. The highest BCUT2D eigenvalue weighted by Crippen LogP contribution is 2.49. The molecule has 0 aromatic heterocycles. The second-order valence-electron chi connectivity index (χ2n) is 2.86. The number of hydrogen-bond acceptors (Lipinski definition) is 7. The number of nitro groups is 1. The summed E-state index contributed by atoms with van der Waals surface area (Å²) in [5.74, 6) is -0.234. The molecule has 17 heavy (non-hydrogen) atoms. The van der Waals surface area contributed by atoms with Gasteiger partial charge in [-0.05, 0) is 5.18 Å². The quantitative estimate of drug-likeness (QED) is 0.444. The van der Waals surface area contributed by atoms with Crippen molar-refractivity contribution in [3.63, 3.8) is 0 Å². The lowest BCUT2D eigenvalue weighted by Crippen LogP contribution is -1.98. The minimum Gasteiger partial charge on any atom is -0.493 e. The molecule has 0 aliphatic rings. The zero-order valence-corrected chi connectivity index (χ0v) is 9.42. The van der Waals surface area contributed by atoms with E-state index >= 15 is 0 Å². The summed E-state index contributed by atoms with van der Waals surface area (Å²) < 4.78 is 14.6. The summed E-state index contributed by atoms with van der Waals surface area (Å²) in [6, 6.07) is 1.10. The second kappa shape index (κ2) is 5.10. The summed E-state index contributed by atoms with van der Waals surface area (Å²) in [5, 5.41) is 13.5. The maximum absolute atomic E-state index is 10.8. The number of benzene rings is 1. The molecular weight excluding hydrogens is 232 g/mol. The molecule has 0 spiro atoms. The van der Waals surface area contributed by atoms with E-state index in [9.17, 15) is 15.0 Å². The Morgan fingerprint density at radius 3 is 2.12 bits per heavy atom. The summed E-state index contributed by atoms with van der Waals surface area (Å²) in [6.07, 6.45) is 0. The topological polar surface area (TPSA) is 100 Å². The number of rotatable bonds is 5. The van der Waals surface area contributed by atoms with Gasteiger partial charge in [0, 0.05) is 0 Å². The first kappa shape index (κ1) is 12.7. The van der Waals surface area contributed by atoms with Gasteiger partial charge in [0.15, 0.2) is 11.5 Å². The largest absolute Gasteiger partial charge is 0.493 e. The van der Waals surface area contributed by atoms with E-state index in [0.29, 0.717) is 0 Å². The predicted octanol–water partition coefficient (Wildman–Crippen LogP) is 2.02. The molecule has 1 rings (SSSR count). The molecule has 92 valence electrons. The van der Waals surface area contributed by atoms with Crippen LogP contribution >= 0.6 is 0 Å². The van der Waals surface area contributed by atoms with Gasteiger partial charge in [0.25, 0.3) is 0 Å². The third-order valence-corrected chi connectivity index (χ3v) is 2.07. The predicted molar refractivity (Wildman–Crippen MR) is 58.2 cm³/mol. The van der Waals surface area contributed by atoms with Gasteiger partial charge in [-0.3, -0.25) is 10.1 Å². The van der Waals surface area contributed by atoms with Crippen LogP contribution in [0.2, 0.25) is 0 Å². The fourth-order valence-corrected chi connectivity index (χ4v) is 1.37. The molecule has 0 amide bonds. The van der Waals surface area contributed by atoms with Crippen molar-refractivity contribution in [2.75, 3.05) is 21.3 Å². The van der Waals surface area contributed by atoms with Crippen LogP contribution in [0.4, 0.5) is 11.4 Å². The van der Waals surface area contributed by atoms with Crippen molar-refractivity contribution in [3.05, 3.63) is 21.1 Å². The molecule has 0 radical (unpaired) electrons. The fourth-order valence-electron chi connectivity index (χ4n) is 1.37. The number of ether oxygens (including phenoxy) is 3. The Morgan fingerprint density at radius 2 is 1.76 bits per heavy atom. The summed E-state index contributed by atoms with van der Waals surface area (Å²) in [4.78, 5) is 20.8. The van der Waals surface area contributed by atoms with Crippen molar-refractivity contribution in [1.82, 2.24) is 0 Å². The van der Waals surface area contributed by atoms with E-state index in [4.69, 9.17) is 14.2 Å². The minimum atomic E-state index is -0.699. The molecule has 0 saturated carbocycles. The average molecular weight is 242 g/mol. The summed E-state index contributed by atoms with van der Waals surface area (Å²) in [6.45, 7) is 0. The van der Waals surface area contributed by atoms with Gasteiger partial charge >= 0.3 is 5.69 Å². The van der Waals surface area contributed by atoms with E-state index in [1.165, 1.54) is 21.3 Å². The maximum Gasteiger partial charge on any atom is 0.317 e. The molecule has 0 bridgehead atoms. The normalized spacial score (nSPS) is 9.59. The van der Waals surface area contributed by atoms with Crippen LogP contribution < -0.4 is 14.2 Å². The molecule has 0 fully saturated rings. The Bertz CT molecular complexity index is 459. The Morgan fingerprint density at radius 1 is 1.18 bits per heavy atom. The molecule has 0 heterocycles. The lowest BCUT2D eigenvalue weighted by Gasteiger charge is -2.11. The standard InChI is InChI=1S/C9H10N2O6/c1-15-6-4-5(11(13)14)8(16-2)7(10-12)9(6)17-3/h4H,1-3H3. The molecule has 0 aliphatic heterocycles. The van der Waals surface area contributed by atoms with Crippen molar-refractivity contribution in [1.29, 1.82) is 0 Å². The first-order chi connectivity index (χ1) is 8.10. The van der Waals surface area contributed by atoms with Crippen molar-refractivity contribution in [3.8, 4) is 17.2 Å². The lowest BCUT2D eigenvalue weighted by molar-refractivity contribution is -0.385. The molecule has 0 saturated heterocycles. The van der Waals surface area contributed by atoms with Crippen LogP contribution in [0.5, 0.6) is 17.2 Å². The van der Waals surface area contributed by atoms with Gasteiger partial charge in [0.1, 0.15) is 0 Å². The van der Waals surface area contributed by atoms with Crippen LogP contribution in [0.15, 0.2) is 11.2 Å². The molecular formula is C9H10N2O6. The average Bonchev–Trinajstić information content (AvgIpc) is 2.35. The first-order valence-corrected chi connectivity index (χ1v) is 4.41. The van der Waals surface area contributed by atoms with E-state index in [1.54, 1.807) is 0 Å². The number of nitroso groups, excluding NO2 is 1. The van der Waals surface area contributed by atoms with Crippen molar-refractivity contribution >= 4 is 11.4 Å². The second-order valence-corrected chi connectivity index (χ2v) is 2.86. The molecule has 8 nitrogen and oxygen atoms in total. The number of methoxy groups -OCH3 is 3. The number of nitro benzene ring substituents is 1. The molecule has 0 aliphatic carbocycles. The highest BCUT2D eigenvalue weighted by Gasteiger charge is 2.27. The van der Waals surface area contributed by atoms with Crippen LogP contribution in [-0.4, -0.2) is 26.3 Å². The van der Waals surface area contributed by atoms with Gasteiger partial charge in [-0.1, -0.05) is 0 Å². The van der Waals surface area contributed by atoms with E-state index in [1.807, 2.05) is 0 Å². The highest BCUT2D eigenvalue weighted by molar-refractivity contribution is 5.75. The molecule has 0 atom stereocenters. The lowest BCUT2D eigenvalue weighted by atomic mass is 10.2. The van der Waals surface area contributed by atoms with E-state index in [0.717, 1.165) is 6.07 Å². The van der Waals surface area contributed by atoms with Gasteiger partial charge in [0.05, 0.1) is 32.3 Å². The van der Waals surface area contributed by atoms with Gasteiger partial charge in [-0.15, -0.1) is 4.91 Å². The molecule has 0 unspecified atom stereocenters. The zero-order valence-electron chi connectivity index (χ0n) is 9.42. The summed E-state index contributed by atoms with van der Waals surface area (Å²) in [5.41, 5.74) is -0.721. The SMILES string of the molecule is COc1cc([N+](=O)[O-])c(OC)c(N=O)c1OC. The highest BCUT2D eigenvalue weighted by atomic mass is 16.6. The first-order valence-electron chi connectivity index (χ1n) is 4.41. The van der Waals surface area contributed by atoms with Gasteiger partial charge in [0.2, 0.25) is 11.4 Å². The van der Waals surface area contributed by atoms with Crippen LogP contribution in [0.25, 0.3) is 0 Å². The van der Waals surface area contributed by atoms with Gasteiger partial charge in [-0.2, -0.15) is 0 Å². The van der Waals surface area contributed by atoms with E-state index < -0.39 is 10.6 Å². The van der Waals surface area contributed by atoms with Crippen molar-refractivity contribution in [2.24, 2.45) is 5.18 Å². The van der Waals surface area contributed by atoms with Crippen molar-refractivity contribution < 1.29 is 19.1 Å². The van der Waals surface area contributed by atoms with Crippen LogP contribution in [0, 0.1) is 15.0 Å². The van der Waals surface area contributed by atoms with E-state index in [2.05, 4.69) is 5.18 Å². The molecule has 1 aromatic carbocycles. The monoisotopic (exact) mass is 242 g/mol. The fraction of sp³-hybridized carbons (Fsp3) is 0.333. The Kier molecular flexibility index (Phi) is 3.81. The Balaban J connectivity index is 3.66. The summed E-state index contributed by atoms with van der Waals surface area (Å²) >= 11 is 0. The zero-order chi connectivity index (χ0) is 13.0. The van der Waals surface area contributed by atoms with Gasteiger partial charge < -0.3 is 14.2 Å². The van der Waals surface area contributed by atoms with Crippen LogP contribution in [-0.2, 0) is 0 Å². The Hall–Kier alpha value is -2.38. The molecule has 0 N–H and O–H groups in total. The summed E-state index contributed by atoms with van der Waals surface area (Å²) in [7, 11) is 3.78. The van der Waals surface area contributed by atoms with Crippen LogP contribution in [0.1, 0.15) is 0 Å². The molecule has 8 heteroatoms.